The van der Waals surface area contributed by atoms with Crippen LogP contribution in [-0.4, -0.2) is 20.1 Å². The van der Waals surface area contributed by atoms with Crippen molar-refractivity contribution in [2.24, 2.45) is 0 Å². The third-order valence-electron chi connectivity index (χ3n) is 2.95. The molecule has 4 nitrogen and oxygen atoms in total. The Kier molecular flexibility index (Phi) is 5.44. The van der Waals surface area contributed by atoms with Gasteiger partial charge in [0.15, 0.2) is 11.5 Å². The van der Waals surface area contributed by atoms with Gasteiger partial charge in [0.05, 0.1) is 14.2 Å². The Bertz CT molecular complexity index is 681. The number of ether oxygens (including phenoxy) is 2. The quantitative estimate of drug-likeness (QED) is 0.848. The lowest BCUT2D eigenvalue weighted by Crippen LogP contribution is -2.07. The van der Waals surface area contributed by atoms with E-state index in [9.17, 15) is 4.79 Å². The molecule has 0 aliphatic rings. The molecule has 114 valence electrons. The maximum atomic E-state index is 11.9. The molecule has 0 heterocycles. The van der Waals surface area contributed by atoms with E-state index in [-0.39, 0.29) is 5.91 Å². The van der Waals surface area contributed by atoms with Crippen LogP contribution in [0.4, 0.5) is 5.69 Å². The zero-order valence-corrected chi connectivity index (χ0v) is 13.1. The smallest absolute Gasteiger partial charge is 0.248 e. The summed E-state index contributed by atoms with van der Waals surface area (Å²) >= 11 is 5.81. The number of anilines is 1. The molecule has 0 saturated carbocycles. The molecule has 1 N–H and O–H groups in total. The third kappa shape index (κ3) is 4.27. The van der Waals surface area contributed by atoms with Crippen LogP contribution in [0, 0.1) is 0 Å². The second kappa shape index (κ2) is 7.52. The van der Waals surface area contributed by atoms with E-state index in [1.807, 2.05) is 12.1 Å². The van der Waals surface area contributed by atoms with E-state index in [4.69, 9.17) is 21.1 Å². The van der Waals surface area contributed by atoms with Crippen LogP contribution in [0.25, 0.3) is 6.08 Å². The molecule has 2 aromatic rings. The molecule has 5 heteroatoms. The maximum absolute atomic E-state index is 11.9. The second-order valence-electron chi connectivity index (χ2n) is 4.44. The van der Waals surface area contributed by atoms with Crippen LogP contribution in [0.15, 0.2) is 48.5 Å². The summed E-state index contributed by atoms with van der Waals surface area (Å²) in [6, 6.07) is 12.4. The van der Waals surface area contributed by atoms with Crippen molar-refractivity contribution in [2.45, 2.75) is 0 Å². The van der Waals surface area contributed by atoms with Gasteiger partial charge in [0.1, 0.15) is 0 Å². The minimum Gasteiger partial charge on any atom is -0.493 e. The Morgan fingerprint density at radius 2 is 1.73 bits per heavy atom. The maximum Gasteiger partial charge on any atom is 0.248 e. The predicted molar refractivity (Wildman–Crippen MR) is 88.7 cm³/mol. The molecule has 0 bridgehead atoms. The number of methoxy groups -OCH3 is 2. The normalized spacial score (nSPS) is 10.5. The monoisotopic (exact) mass is 317 g/mol. The highest BCUT2D eigenvalue weighted by Crippen LogP contribution is 2.29. The van der Waals surface area contributed by atoms with Gasteiger partial charge < -0.3 is 14.8 Å². The van der Waals surface area contributed by atoms with Crippen molar-refractivity contribution < 1.29 is 14.3 Å². The summed E-state index contributed by atoms with van der Waals surface area (Å²) in [5, 5.41) is 3.42. The standard InChI is InChI=1S/C17H16ClNO3/c1-21-15-9-8-14(11-16(15)22-2)19-17(20)10-5-12-3-6-13(18)7-4-12/h3-11H,1-2H3,(H,19,20)/b10-5+. The topological polar surface area (TPSA) is 47.6 Å². The number of hydrogen-bond acceptors (Lipinski definition) is 3. The summed E-state index contributed by atoms with van der Waals surface area (Å²) in [5.41, 5.74) is 1.52. The summed E-state index contributed by atoms with van der Waals surface area (Å²) in [6.07, 6.45) is 3.17. The van der Waals surface area contributed by atoms with Gasteiger partial charge in [0.2, 0.25) is 5.91 Å². The highest BCUT2D eigenvalue weighted by atomic mass is 35.5. The minimum absolute atomic E-state index is 0.234. The van der Waals surface area contributed by atoms with Crippen molar-refractivity contribution in [3.05, 3.63) is 59.1 Å². The molecule has 0 fully saturated rings. The van der Waals surface area contributed by atoms with Gasteiger partial charge in [0.25, 0.3) is 0 Å². The van der Waals surface area contributed by atoms with E-state index < -0.39 is 0 Å². The van der Waals surface area contributed by atoms with Gasteiger partial charge in [-0.05, 0) is 35.9 Å². The first-order valence-corrected chi connectivity index (χ1v) is 6.97. The highest BCUT2D eigenvalue weighted by molar-refractivity contribution is 6.30. The van der Waals surface area contributed by atoms with Crippen molar-refractivity contribution >= 4 is 29.3 Å². The van der Waals surface area contributed by atoms with Crippen molar-refractivity contribution in [1.82, 2.24) is 0 Å². The largest absolute Gasteiger partial charge is 0.493 e. The Balaban J connectivity index is 2.04. The van der Waals surface area contributed by atoms with Gasteiger partial charge in [-0.3, -0.25) is 4.79 Å². The first kappa shape index (κ1) is 15.9. The highest BCUT2D eigenvalue weighted by Gasteiger charge is 2.05. The molecule has 22 heavy (non-hydrogen) atoms. The molecule has 2 aromatic carbocycles. The summed E-state index contributed by atoms with van der Waals surface area (Å²) in [4.78, 5) is 11.9. The fourth-order valence-electron chi connectivity index (χ4n) is 1.84. The minimum atomic E-state index is -0.234. The molecule has 0 atom stereocenters. The van der Waals surface area contributed by atoms with E-state index in [1.165, 1.54) is 6.08 Å². The second-order valence-corrected chi connectivity index (χ2v) is 4.88. The van der Waals surface area contributed by atoms with Crippen LogP contribution in [0.2, 0.25) is 5.02 Å². The zero-order chi connectivity index (χ0) is 15.9. The van der Waals surface area contributed by atoms with Crippen LogP contribution in [0.3, 0.4) is 0 Å². The number of benzene rings is 2. The Morgan fingerprint density at radius 3 is 2.36 bits per heavy atom. The van der Waals surface area contributed by atoms with Crippen molar-refractivity contribution in [3.63, 3.8) is 0 Å². The molecule has 1 amide bonds. The summed E-state index contributed by atoms with van der Waals surface area (Å²) in [5.74, 6) is 0.932. The van der Waals surface area contributed by atoms with Crippen molar-refractivity contribution in [3.8, 4) is 11.5 Å². The number of nitrogens with one attached hydrogen (secondary N) is 1. The molecule has 0 unspecified atom stereocenters. The lowest BCUT2D eigenvalue weighted by atomic mass is 10.2. The number of halogens is 1. The van der Waals surface area contributed by atoms with Crippen LogP contribution in [0.1, 0.15) is 5.56 Å². The number of rotatable bonds is 5. The Hall–Kier alpha value is -2.46. The summed E-state index contributed by atoms with van der Waals surface area (Å²) in [7, 11) is 3.11. The van der Waals surface area contributed by atoms with Crippen molar-refractivity contribution in [2.75, 3.05) is 19.5 Å². The van der Waals surface area contributed by atoms with Crippen LogP contribution >= 0.6 is 11.6 Å². The molecule has 0 saturated heterocycles. The van der Waals surface area contributed by atoms with E-state index in [0.29, 0.717) is 22.2 Å². The number of carbonyl (C=O) groups excluding carboxylic acids is 1. The zero-order valence-electron chi connectivity index (χ0n) is 12.3. The Morgan fingerprint density at radius 1 is 1.05 bits per heavy atom. The molecule has 0 aromatic heterocycles. The average molecular weight is 318 g/mol. The first-order chi connectivity index (χ1) is 10.6. The van der Waals surface area contributed by atoms with E-state index in [0.717, 1.165) is 5.56 Å². The van der Waals surface area contributed by atoms with Gasteiger partial charge in [-0.2, -0.15) is 0 Å². The molecule has 2 rings (SSSR count). The molecule has 0 spiro atoms. The van der Waals surface area contributed by atoms with E-state index in [1.54, 1.807) is 50.6 Å². The fourth-order valence-corrected chi connectivity index (χ4v) is 1.97. The van der Waals surface area contributed by atoms with Gasteiger partial charge >= 0.3 is 0 Å². The molecule has 0 aliphatic heterocycles. The predicted octanol–water partition coefficient (Wildman–Crippen LogP) is 4.01. The molecule has 0 aliphatic carbocycles. The van der Waals surface area contributed by atoms with Gasteiger partial charge in [-0.25, -0.2) is 0 Å². The number of carbonyl (C=O) groups is 1. The lowest BCUT2D eigenvalue weighted by molar-refractivity contribution is -0.111. The summed E-state index contributed by atoms with van der Waals surface area (Å²) in [6.45, 7) is 0. The van der Waals surface area contributed by atoms with Crippen LogP contribution in [-0.2, 0) is 4.79 Å². The van der Waals surface area contributed by atoms with Crippen LogP contribution < -0.4 is 14.8 Å². The average Bonchev–Trinajstić information content (AvgIpc) is 2.54. The van der Waals surface area contributed by atoms with Crippen molar-refractivity contribution in [1.29, 1.82) is 0 Å². The summed E-state index contributed by atoms with van der Waals surface area (Å²) < 4.78 is 10.3. The number of amides is 1. The van der Waals surface area contributed by atoms with E-state index >= 15 is 0 Å². The lowest BCUT2D eigenvalue weighted by Gasteiger charge is -2.09. The van der Waals surface area contributed by atoms with Gasteiger partial charge in [-0.1, -0.05) is 23.7 Å². The van der Waals surface area contributed by atoms with Gasteiger partial charge in [-0.15, -0.1) is 0 Å². The number of hydrogen-bond donors (Lipinski definition) is 1. The molecular formula is C17H16ClNO3. The van der Waals surface area contributed by atoms with Crippen LogP contribution in [0.5, 0.6) is 11.5 Å². The fraction of sp³-hybridized carbons (Fsp3) is 0.118. The first-order valence-electron chi connectivity index (χ1n) is 6.59. The molecular weight excluding hydrogens is 302 g/mol. The van der Waals surface area contributed by atoms with E-state index in [2.05, 4.69) is 5.32 Å². The van der Waals surface area contributed by atoms with Gasteiger partial charge in [0, 0.05) is 22.9 Å². The molecule has 0 radical (unpaired) electrons. The Labute approximate surface area is 134 Å². The SMILES string of the molecule is COc1ccc(NC(=O)/C=C/c2ccc(Cl)cc2)cc1OC. The third-order valence-corrected chi connectivity index (χ3v) is 3.20.